The molecule has 0 fully saturated rings. The van der Waals surface area contributed by atoms with E-state index in [-0.39, 0.29) is 6.54 Å². The van der Waals surface area contributed by atoms with Crippen LogP contribution in [0.4, 0.5) is 5.82 Å². The number of aromatic nitrogens is 3. The highest BCUT2D eigenvalue weighted by atomic mass is 35.5. The number of imidazole rings is 1. The van der Waals surface area contributed by atoms with Crippen LogP contribution in [-0.4, -0.2) is 43.1 Å². The van der Waals surface area contributed by atoms with Crippen LogP contribution in [0.15, 0.2) is 36.9 Å². The van der Waals surface area contributed by atoms with Crippen molar-refractivity contribution in [3.05, 3.63) is 47.0 Å². The Morgan fingerprint density at radius 3 is 2.80 bits per heavy atom. The van der Waals surface area contributed by atoms with E-state index >= 15 is 0 Å². The van der Waals surface area contributed by atoms with Crippen molar-refractivity contribution in [1.29, 1.82) is 0 Å². The number of likely N-dealkylation sites (N-methyl/N-ethyl adjacent to an activating group) is 1. The predicted octanol–water partition coefficient (Wildman–Crippen LogP) is 2.28. The van der Waals surface area contributed by atoms with Crippen molar-refractivity contribution in [3.8, 4) is 5.69 Å². The molecule has 0 saturated carbocycles. The van der Waals surface area contributed by atoms with Gasteiger partial charge < -0.3 is 9.47 Å². The van der Waals surface area contributed by atoms with Gasteiger partial charge in [0.25, 0.3) is 0 Å². The number of rotatable bonds is 6. The first-order valence-corrected chi connectivity index (χ1v) is 9.27. The van der Waals surface area contributed by atoms with Crippen molar-refractivity contribution < 1.29 is 8.42 Å². The van der Waals surface area contributed by atoms with Crippen LogP contribution < -0.4 is 9.62 Å². The lowest BCUT2D eigenvalue weighted by molar-refractivity contribution is 0.601. The zero-order valence-corrected chi connectivity index (χ0v) is 15.6. The smallest absolute Gasteiger partial charge is 0.201 e. The van der Waals surface area contributed by atoms with Gasteiger partial charge in [-0.3, -0.25) is 0 Å². The highest BCUT2D eigenvalue weighted by molar-refractivity contribution is 7.70. The third-order valence-electron chi connectivity index (χ3n) is 3.70. The average Bonchev–Trinajstić information content (AvgIpc) is 3.11. The normalized spacial score (nSPS) is 11.4. The standard InChI is InChI=1S/C15H15Cl2N5O2S/c1-21(6-5-19-25(23)24)13-8-12(22-7-4-18-9-22)10-2-3-11(16)14(17)15(10)20-13/h2-4,7-9,25H,5-6H2,1H3,(H,19,23,24). The molecule has 132 valence electrons. The number of pyridine rings is 1. The van der Waals surface area contributed by atoms with Crippen molar-refractivity contribution in [2.45, 2.75) is 0 Å². The molecule has 0 aliphatic rings. The number of nitrogens with zero attached hydrogens (tertiary/aromatic N) is 4. The molecule has 0 radical (unpaired) electrons. The van der Waals surface area contributed by atoms with Gasteiger partial charge in [-0.15, -0.1) is 0 Å². The molecular weight excluding hydrogens is 385 g/mol. The molecule has 0 saturated heterocycles. The Bertz CT molecular complexity index is 968. The van der Waals surface area contributed by atoms with Gasteiger partial charge in [0, 0.05) is 44.0 Å². The van der Waals surface area contributed by atoms with E-state index in [0.29, 0.717) is 27.9 Å². The molecule has 3 aromatic rings. The summed E-state index contributed by atoms with van der Waals surface area (Å²) in [4.78, 5) is 10.5. The Labute approximate surface area is 156 Å². The number of nitrogens with one attached hydrogen (secondary N) is 1. The number of halogens is 2. The minimum absolute atomic E-state index is 0.276. The van der Waals surface area contributed by atoms with Crippen molar-refractivity contribution in [2.24, 2.45) is 0 Å². The molecule has 7 nitrogen and oxygen atoms in total. The zero-order valence-electron chi connectivity index (χ0n) is 13.2. The molecule has 0 unspecified atom stereocenters. The molecule has 0 amide bonds. The molecular formula is C15H15Cl2N5O2S. The van der Waals surface area contributed by atoms with Crippen molar-refractivity contribution >= 4 is 50.8 Å². The van der Waals surface area contributed by atoms with Gasteiger partial charge in [0.05, 0.1) is 27.6 Å². The van der Waals surface area contributed by atoms with Crippen molar-refractivity contribution in [2.75, 3.05) is 25.0 Å². The maximum atomic E-state index is 10.6. The van der Waals surface area contributed by atoms with E-state index in [1.54, 1.807) is 18.6 Å². The van der Waals surface area contributed by atoms with Crippen molar-refractivity contribution in [1.82, 2.24) is 19.3 Å². The van der Waals surface area contributed by atoms with Crippen LogP contribution in [0.5, 0.6) is 0 Å². The van der Waals surface area contributed by atoms with Gasteiger partial charge >= 0.3 is 0 Å². The third-order valence-corrected chi connectivity index (χ3v) is 4.98. The lowest BCUT2D eigenvalue weighted by Crippen LogP contribution is -2.29. The van der Waals surface area contributed by atoms with E-state index in [9.17, 15) is 8.42 Å². The molecule has 0 spiro atoms. The topological polar surface area (TPSA) is 80.1 Å². The summed E-state index contributed by atoms with van der Waals surface area (Å²) in [5.74, 6) is 0.642. The van der Waals surface area contributed by atoms with E-state index in [2.05, 4.69) is 14.7 Å². The summed E-state index contributed by atoms with van der Waals surface area (Å²) in [6.45, 7) is 0.724. The van der Waals surface area contributed by atoms with Gasteiger partial charge in [-0.05, 0) is 12.1 Å². The molecule has 1 N–H and O–H groups in total. The maximum absolute atomic E-state index is 10.6. The van der Waals surface area contributed by atoms with Gasteiger partial charge in [-0.25, -0.2) is 23.1 Å². The SMILES string of the molecule is CN(CCN[SH](=O)=O)c1cc(-n2ccnc2)c2ccc(Cl)c(Cl)c2n1. The summed E-state index contributed by atoms with van der Waals surface area (Å²) in [6, 6.07) is 5.48. The quantitative estimate of drug-likeness (QED) is 0.621. The number of thiol groups is 1. The first kappa shape index (κ1) is 17.9. The van der Waals surface area contributed by atoms with E-state index in [4.69, 9.17) is 23.2 Å². The number of fused-ring (bicyclic) bond motifs is 1. The van der Waals surface area contributed by atoms with E-state index in [1.165, 1.54) is 0 Å². The highest BCUT2D eigenvalue weighted by Gasteiger charge is 2.14. The second kappa shape index (κ2) is 7.57. The van der Waals surface area contributed by atoms with Crippen LogP contribution in [-0.2, 0) is 10.9 Å². The average molecular weight is 400 g/mol. The zero-order chi connectivity index (χ0) is 18.0. The van der Waals surface area contributed by atoms with E-state index < -0.39 is 10.9 Å². The molecule has 2 aromatic heterocycles. The molecule has 2 heterocycles. The van der Waals surface area contributed by atoms with Gasteiger partial charge in [0.1, 0.15) is 5.82 Å². The van der Waals surface area contributed by atoms with Crippen molar-refractivity contribution in [3.63, 3.8) is 0 Å². The highest BCUT2D eigenvalue weighted by Crippen LogP contribution is 2.34. The van der Waals surface area contributed by atoms with Crippen LogP contribution in [0, 0.1) is 0 Å². The summed E-state index contributed by atoms with van der Waals surface area (Å²) in [6.07, 6.45) is 5.19. The van der Waals surface area contributed by atoms with E-state index in [1.807, 2.05) is 34.8 Å². The lowest BCUT2D eigenvalue weighted by Gasteiger charge is -2.20. The fourth-order valence-electron chi connectivity index (χ4n) is 2.44. The fraction of sp³-hybridized carbons (Fsp3) is 0.200. The van der Waals surface area contributed by atoms with Crippen LogP contribution >= 0.6 is 23.2 Å². The number of hydrogen-bond donors (Lipinski definition) is 2. The van der Waals surface area contributed by atoms with Crippen LogP contribution in [0.1, 0.15) is 0 Å². The van der Waals surface area contributed by atoms with Crippen LogP contribution in [0.2, 0.25) is 10.0 Å². The minimum Gasteiger partial charge on any atom is -0.358 e. The van der Waals surface area contributed by atoms with Gasteiger partial charge in [0.2, 0.25) is 10.9 Å². The first-order valence-electron chi connectivity index (χ1n) is 7.33. The maximum Gasteiger partial charge on any atom is 0.201 e. The first-order chi connectivity index (χ1) is 12.0. The minimum atomic E-state index is -2.62. The van der Waals surface area contributed by atoms with Crippen LogP contribution in [0.3, 0.4) is 0 Å². The fourth-order valence-corrected chi connectivity index (χ4v) is 3.08. The molecule has 0 atom stereocenters. The summed E-state index contributed by atoms with van der Waals surface area (Å²) in [7, 11) is -0.798. The Morgan fingerprint density at radius 1 is 1.32 bits per heavy atom. The van der Waals surface area contributed by atoms with Gasteiger partial charge in [-0.1, -0.05) is 23.2 Å². The second-order valence-electron chi connectivity index (χ2n) is 5.31. The summed E-state index contributed by atoms with van der Waals surface area (Å²) in [5.41, 5.74) is 1.43. The molecule has 0 aliphatic heterocycles. The second-order valence-corrected chi connectivity index (χ2v) is 6.93. The molecule has 0 bridgehead atoms. The van der Waals surface area contributed by atoms with E-state index in [0.717, 1.165) is 11.1 Å². The van der Waals surface area contributed by atoms with Gasteiger partial charge in [0.15, 0.2) is 0 Å². The Morgan fingerprint density at radius 2 is 2.12 bits per heavy atom. The van der Waals surface area contributed by atoms with Gasteiger partial charge in [-0.2, -0.15) is 0 Å². The molecule has 0 aliphatic carbocycles. The Balaban J connectivity index is 2.09. The summed E-state index contributed by atoms with van der Waals surface area (Å²) >= 11 is 12.5. The molecule has 25 heavy (non-hydrogen) atoms. The number of hydrogen-bond acceptors (Lipinski definition) is 5. The number of benzene rings is 1. The Hall–Kier alpha value is -1.87. The predicted molar refractivity (Wildman–Crippen MR) is 100 cm³/mol. The number of anilines is 1. The van der Waals surface area contributed by atoms with Crippen LogP contribution in [0.25, 0.3) is 16.6 Å². The monoisotopic (exact) mass is 399 g/mol. The molecule has 3 rings (SSSR count). The summed E-state index contributed by atoms with van der Waals surface area (Å²) < 4.78 is 25.5. The third kappa shape index (κ3) is 3.87. The molecule has 10 heteroatoms. The largest absolute Gasteiger partial charge is 0.358 e. The lowest BCUT2D eigenvalue weighted by atomic mass is 10.1. The molecule has 1 aromatic carbocycles. The Kier molecular flexibility index (Phi) is 5.43. The summed E-state index contributed by atoms with van der Waals surface area (Å²) in [5, 5.41) is 1.63.